The van der Waals surface area contributed by atoms with E-state index in [2.05, 4.69) is 5.32 Å². The van der Waals surface area contributed by atoms with E-state index in [-0.39, 0.29) is 23.4 Å². The van der Waals surface area contributed by atoms with Crippen molar-refractivity contribution in [2.75, 3.05) is 24.0 Å². The Morgan fingerprint density at radius 2 is 1.48 bits per heavy atom. The largest absolute Gasteiger partial charge is 0.494 e. The number of ether oxygens (including phenoxy) is 1. The second-order valence-electron chi connectivity index (χ2n) is 9.57. The highest BCUT2D eigenvalue weighted by Crippen LogP contribution is 2.25. The number of para-hydroxylation sites is 1. The van der Waals surface area contributed by atoms with Gasteiger partial charge in [-0.15, -0.1) is 0 Å². The number of sulfonamides is 1. The van der Waals surface area contributed by atoms with E-state index >= 15 is 0 Å². The van der Waals surface area contributed by atoms with Crippen LogP contribution in [0.2, 0.25) is 0 Å². The van der Waals surface area contributed by atoms with Crippen molar-refractivity contribution < 1.29 is 22.7 Å². The van der Waals surface area contributed by atoms with Crippen LogP contribution in [-0.2, 0) is 26.0 Å². The van der Waals surface area contributed by atoms with Gasteiger partial charge in [0.25, 0.3) is 10.0 Å². The number of nitrogens with one attached hydrogen (secondary N) is 1. The lowest BCUT2D eigenvalue weighted by atomic mass is 10.1. The molecule has 2 atom stereocenters. The third-order valence-corrected chi connectivity index (χ3v) is 8.49. The smallest absolute Gasteiger partial charge is 0.264 e. The van der Waals surface area contributed by atoms with E-state index in [0.29, 0.717) is 24.5 Å². The first-order valence-electron chi connectivity index (χ1n) is 13.6. The number of amides is 2. The van der Waals surface area contributed by atoms with Crippen LogP contribution >= 0.6 is 0 Å². The average molecular weight is 566 g/mol. The van der Waals surface area contributed by atoms with Crippen LogP contribution in [0.15, 0.2) is 89.8 Å². The number of carbonyl (C=O) groups is 2. The van der Waals surface area contributed by atoms with Crippen LogP contribution in [0.25, 0.3) is 0 Å². The minimum Gasteiger partial charge on any atom is -0.494 e. The number of hydrogen-bond donors (Lipinski definition) is 1. The lowest BCUT2D eigenvalue weighted by molar-refractivity contribution is -0.139. The zero-order valence-corrected chi connectivity index (χ0v) is 24.4. The molecule has 0 aromatic heterocycles. The first kappa shape index (κ1) is 30.7. The molecule has 0 fully saturated rings. The zero-order chi connectivity index (χ0) is 29.1. The Kier molecular flexibility index (Phi) is 11.1. The van der Waals surface area contributed by atoms with Crippen molar-refractivity contribution in [1.29, 1.82) is 0 Å². The molecule has 0 aliphatic carbocycles. The molecule has 0 spiro atoms. The van der Waals surface area contributed by atoms with Gasteiger partial charge >= 0.3 is 0 Å². The van der Waals surface area contributed by atoms with Gasteiger partial charge in [-0.3, -0.25) is 13.9 Å². The monoisotopic (exact) mass is 565 g/mol. The molecule has 0 bridgehead atoms. The molecule has 0 heterocycles. The summed E-state index contributed by atoms with van der Waals surface area (Å²) >= 11 is 0. The maximum Gasteiger partial charge on any atom is 0.264 e. The molecule has 214 valence electrons. The zero-order valence-electron chi connectivity index (χ0n) is 23.6. The lowest BCUT2D eigenvalue weighted by Crippen LogP contribution is -2.53. The lowest BCUT2D eigenvalue weighted by Gasteiger charge is -2.32. The number of hydrogen-bond acceptors (Lipinski definition) is 5. The standard InChI is InChI=1S/C31H39N3O5S/c1-5-24(3)32-31(36)25(4)33(22-21-26-13-9-7-10-14-26)30(35)23-34(27-15-11-8-12-16-27)40(37,38)29-19-17-28(18-20-29)39-6-2/h7-20,24-25H,5-6,21-23H2,1-4H3,(H,32,36)/t24-,25-/m0/s1. The predicted molar refractivity (Wildman–Crippen MR) is 158 cm³/mol. The molecule has 40 heavy (non-hydrogen) atoms. The van der Waals surface area contributed by atoms with E-state index in [1.54, 1.807) is 49.4 Å². The third kappa shape index (κ3) is 8.08. The Bertz CT molecular complexity index is 1330. The Labute approximate surface area is 238 Å². The summed E-state index contributed by atoms with van der Waals surface area (Å²) in [6.07, 6.45) is 1.27. The van der Waals surface area contributed by atoms with Gasteiger partial charge in [-0.2, -0.15) is 0 Å². The molecule has 2 amide bonds. The Balaban J connectivity index is 1.94. The van der Waals surface area contributed by atoms with Gasteiger partial charge in [0.05, 0.1) is 17.2 Å². The molecule has 3 aromatic carbocycles. The summed E-state index contributed by atoms with van der Waals surface area (Å²) in [5.41, 5.74) is 1.36. The third-order valence-electron chi connectivity index (χ3n) is 6.70. The first-order valence-corrected chi connectivity index (χ1v) is 15.1. The molecule has 1 N–H and O–H groups in total. The van der Waals surface area contributed by atoms with Gasteiger partial charge in [-0.25, -0.2) is 8.42 Å². The van der Waals surface area contributed by atoms with E-state index in [9.17, 15) is 18.0 Å². The molecule has 0 saturated heterocycles. The summed E-state index contributed by atoms with van der Waals surface area (Å²) in [7, 11) is -4.12. The highest BCUT2D eigenvalue weighted by Gasteiger charge is 2.32. The van der Waals surface area contributed by atoms with Crippen molar-refractivity contribution in [1.82, 2.24) is 10.2 Å². The van der Waals surface area contributed by atoms with Gasteiger partial charge in [-0.05, 0) is 75.6 Å². The minimum absolute atomic E-state index is 0.0333. The molecule has 0 radical (unpaired) electrons. The Morgan fingerprint density at radius 3 is 2.05 bits per heavy atom. The van der Waals surface area contributed by atoms with Crippen LogP contribution in [0.1, 0.15) is 39.7 Å². The second kappa shape index (κ2) is 14.5. The fourth-order valence-electron chi connectivity index (χ4n) is 4.16. The van der Waals surface area contributed by atoms with Gasteiger partial charge in [0.2, 0.25) is 11.8 Å². The predicted octanol–water partition coefficient (Wildman–Crippen LogP) is 4.66. The van der Waals surface area contributed by atoms with Gasteiger partial charge < -0.3 is 15.0 Å². The van der Waals surface area contributed by atoms with E-state index < -0.39 is 28.5 Å². The second-order valence-corrected chi connectivity index (χ2v) is 11.4. The summed E-state index contributed by atoms with van der Waals surface area (Å²) < 4.78 is 34.3. The highest BCUT2D eigenvalue weighted by atomic mass is 32.2. The quantitative estimate of drug-likeness (QED) is 0.307. The van der Waals surface area contributed by atoms with Crippen LogP contribution in [0, 0.1) is 0 Å². The first-order chi connectivity index (χ1) is 19.2. The number of nitrogens with zero attached hydrogens (tertiary/aromatic N) is 2. The SMILES string of the molecule is CCOc1ccc(S(=O)(=O)N(CC(=O)N(CCc2ccccc2)[C@@H](C)C(=O)N[C@@H](C)CC)c2ccccc2)cc1. The normalized spacial score (nSPS) is 12.7. The molecular weight excluding hydrogens is 526 g/mol. The number of carbonyl (C=O) groups excluding carboxylic acids is 2. The van der Waals surface area contributed by atoms with E-state index in [4.69, 9.17) is 4.74 Å². The number of anilines is 1. The fourth-order valence-corrected chi connectivity index (χ4v) is 5.57. The molecule has 0 saturated carbocycles. The van der Waals surface area contributed by atoms with E-state index in [1.807, 2.05) is 51.1 Å². The van der Waals surface area contributed by atoms with Crippen molar-refractivity contribution in [3.8, 4) is 5.75 Å². The van der Waals surface area contributed by atoms with Gasteiger partial charge in [0, 0.05) is 12.6 Å². The van der Waals surface area contributed by atoms with Crippen LogP contribution < -0.4 is 14.4 Å². The number of benzene rings is 3. The van der Waals surface area contributed by atoms with Gasteiger partial charge in [0.15, 0.2) is 0 Å². The van der Waals surface area contributed by atoms with Crippen LogP contribution in [0.3, 0.4) is 0 Å². The molecule has 3 aromatic rings. The summed E-state index contributed by atoms with van der Waals surface area (Å²) in [6.45, 7) is 7.64. The van der Waals surface area contributed by atoms with Crippen molar-refractivity contribution >= 4 is 27.5 Å². The van der Waals surface area contributed by atoms with Gasteiger partial charge in [-0.1, -0.05) is 55.5 Å². The van der Waals surface area contributed by atoms with Gasteiger partial charge in [0.1, 0.15) is 18.3 Å². The maximum atomic E-state index is 13.9. The van der Waals surface area contributed by atoms with E-state index in [1.165, 1.54) is 17.0 Å². The van der Waals surface area contributed by atoms with Crippen molar-refractivity contribution in [3.05, 3.63) is 90.5 Å². The molecule has 8 nitrogen and oxygen atoms in total. The molecule has 0 unspecified atom stereocenters. The topological polar surface area (TPSA) is 96.0 Å². The summed E-state index contributed by atoms with van der Waals surface area (Å²) in [6, 6.07) is 23.4. The average Bonchev–Trinajstić information content (AvgIpc) is 2.97. The summed E-state index contributed by atoms with van der Waals surface area (Å²) in [4.78, 5) is 28.5. The molecule has 0 aliphatic heterocycles. The maximum absolute atomic E-state index is 13.9. The fraction of sp³-hybridized carbons (Fsp3) is 0.355. The van der Waals surface area contributed by atoms with Crippen LogP contribution in [0.5, 0.6) is 5.75 Å². The molecule has 9 heteroatoms. The highest BCUT2D eigenvalue weighted by molar-refractivity contribution is 7.92. The Hall–Kier alpha value is -3.85. The molecule has 3 rings (SSSR count). The van der Waals surface area contributed by atoms with Crippen molar-refractivity contribution in [2.24, 2.45) is 0 Å². The van der Waals surface area contributed by atoms with Crippen molar-refractivity contribution in [3.63, 3.8) is 0 Å². The Morgan fingerprint density at radius 1 is 0.875 bits per heavy atom. The summed E-state index contributed by atoms with van der Waals surface area (Å²) in [5.74, 6) is -0.200. The van der Waals surface area contributed by atoms with Crippen molar-refractivity contribution in [2.45, 2.75) is 57.5 Å². The van der Waals surface area contributed by atoms with Crippen LogP contribution in [-0.4, -0.2) is 56.9 Å². The molecular formula is C31H39N3O5S. The number of rotatable bonds is 14. The van der Waals surface area contributed by atoms with Crippen LogP contribution in [0.4, 0.5) is 5.69 Å². The summed E-state index contributed by atoms with van der Waals surface area (Å²) in [5, 5.41) is 2.94. The van der Waals surface area contributed by atoms with E-state index in [0.717, 1.165) is 16.3 Å². The minimum atomic E-state index is -4.12. The molecule has 0 aliphatic rings.